The number of nitrogens with one attached hydrogen (secondary N) is 1. The Bertz CT molecular complexity index is 374. The maximum Gasteiger partial charge on any atom is 0.508 e. The minimum atomic E-state index is -1.55. The third-order valence-corrected chi connectivity index (χ3v) is 6.05. The van der Waals surface area contributed by atoms with E-state index in [9.17, 15) is 4.57 Å². The molecule has 0 aromatic rings. The molecule has 1 unspecified atom stereocenters. The van der Waals surface area contributed by atoms with E-state index in [0.717, 1.165) is 6.42 Å². The van der Waals surface area contributed by atoms with Crippen LogP contribution in [0.2, 0.25) is 0 Å². The summed E-state index contributed by atoms with van der Waals surface area (Å²) in [7, 11) is -1.55. The first-order valence-electron chi connectivity index (χ1n) is 11.4. The molecule has 1 atom stereocenters. The lowest BCUT2D eigenvalue weighted by Gasteiger charge is -2.03. The van der Waals surface area contributed by atoms with Crippen LogP contribution < -0.4 is 4.91 Å². The van der Waals surface area contributed by atoms with E-state index in [0.29, 0.717) is 25.7 Å². The maximum absolute atomic E-state index is 11.6. The topological polar surface area (TPSA) is 76.6 Å². The van der Waals surface area contributed by atoms with Crippen LogP contribution >= 0.6 is 8.03 Å². The van der Waals surface area contributed by atoms with E-state index in [1.54, 1.807) is 0 Å². The summed E-state index contributed by atoms with van der Waals surface area (Å²) in [5.74, 6) is 0. The Morgan fingerprint density at radius 1 is 0.741 bits per heavy atom. The van der Waals surface area contributed by atoms with E-state index in [2.05, 4.69) is 16.9 Å². The van der Waals surface area contributed by atoms with Gasteiger partial charge in [-0.2, -0.15) is 0 Å². The first kappa shape index (κ1) is 26.4. The molecule has 0 radical (unpaired) electrons. The van der Waals surface area contributed by atoms with Gasteiger partial charge in [0.15, 0.2) is 6.16 Å². The van der Waals surface area contributed by atoms with E-state index in [-0.39, 0.29) is 0 Å². The minimum Gasteiger partial charge on any atom is -0.146 e. The molecule has 0 fully saturated rings. The molecule has 27 heavy (non-hydrogen) atoms. The van der Waals surface area contributed by atoms with Gasteiger partial charge in [-0.1, -0.05) is 103 Å². The first-order valence-corrected chi connectivity index (χ1v) is 12.8. The van der Waals surface area contributed by atoms with E-state index < -0.39 is 8.03 Å². The van der Waals surface area contributed by atoms with Crippen LogP contribution in [0.3, 0.4) is 0 Å². The second-order valence-corrected chi connectivity index (χ2v) is 8.88. The second-order valence-electron chi connectivity index (χ2n) is 7.51. The van der Waals surface area contributed by atoms with Gasteiger partial charge in [0.25, 0.3) is 0 Å². The number of rotatable bonds is 22. The van der Waals surface area contributed by atoms with Crippen LogP contribution in [0.5, 0.6) is 0 Å². The number of hydrogen-bond donors (Lipinski definition) is 1. The Kier molecular flexibility index (Phi) is 22.9. The standard InChI is InChI=1S/C21H44N3O2P/c1-2-3-4-5-6-7-8-9-10-11-12-13-14-15-16-17-20-26-27(25)21-18-19-23-24-22/h22H,2-21H2,1H3/q+2. The Balaban J connectivity index is 3.10. The highest BCUT2D eigenvalue weighted by Gasteiger charge is 2.16. The summed E-state index contributed by atoms with van der Waals surface area (Å²) in [6.07, 6.45) is 22.9. The monoisotopic (exact) mass is 401 g/mol. The summed E-state index contributed by atoms with van der Waals surface area (Å²) in [5, 5.41) is 3.53. The molecule has 5 nitrogen and oxygen atoms in total. The van der Waals surface area contributed by atoms with Gasteiger partial charge >= 0.3 is 8.03 Å². The summed E-state index contributed by atoms with van der Waals surface area (Å²) >= 11 is 0. The van der Waals surface area contributed by atoms with Crippen molar-refractivity contribution < 1.29 is 9.09 Å². The fourth-order valence-electron chi connectivity index (χ4n) is 3.20. The van der Waals surface area contributed by atoms with Crippen molar-refractivity contribution in [1.82, 2.24) is 4.91 Å². The molecule has 0 rings (SSSR count). The van der Waals surface area contributed by atoms with Crippen LogP contribution in [0.15, 0.2) is 5.11 Å². The van der Waals surface area contributed by atoms with Gasteiger partial charge in [0.2, 0.25) is 4.91 Å². The lowest BCUT2D eigenvalue weighted by Crippen LogP contribution is -1.91. The van der Waals surface area contributed by atoms with Gasteiger partial charge in [-0.3, -0.25) is 0 Å². The van der Waals surface area contributed by atoms with E-state index in [1.165, 1.54) is 96.3 Å². The average molecular weight is 402 g/mol. The summed E-state index contributed by atoms with van der Waals surface area (Å²) in [6, 6.07) is 0. The van der Waals surface area contributed by atoms with Gasteiger partial charge in [-0.25, -0.2) is 0 Å². The zero-order valence-electron chi connectivity index (χ0n) is 17.8. The molecule has 0 aromatic carbocycles. The molecular formula is C21H44N3O2P+2. The van der Waals surface area contributed by atoms with Crippen molar-refractivity contribution in [3.05, 3.63) is 0 Å². The van der Waals surface area contributed by atoms with E-state index >= 15 is 0 Å². The number of unbranched alkanes of at least 4 members (excludes halogenated alkanes) is 15. The molecule has 0 heterocycles. The van der Waals surface area contributed by atoms with Crippen LogP contribution in [0.1, 0.15) is 116 Å². The Morgan fingerprint density at radius 2 is 1.19 bits per heavy atom. The SMILES string of the molecule is CCCCCCCCCCCCCCCCCCO[P+](=O)CCCN=[N+]=N. The van der Waals surface area contributed by atoms with Crippen molar-refractivity contribution in [1.29, 1.82) is 5.53 Å². The maximum atomic E-state index is 11.6. The lowest BCUT2D eigenvalue weighted by molar-refractivity contribution is 0.315. The molecule has 0 amide bonds. The normalized spacial score (nSPS) is 11.4. The predicted octanol–water partition coefficient (Wildman–Crippen LogP) is 7.95. The summed E-state index contributed by atoms with van der Waals surface area (Å²) in [5.41, 5.74) is 6.53. The minimum absolute atomic E-state index is 0.465. The molecule has 0 saturated carbocycles. The number of hydrogen-bond acceptors (Lipinski definition) is 4. The van der Waals surface area contributed by atoms with Gasteiger partial charge in [0.1, 0.15) is 23.8 Å². The zero-order chi connectivity index (χ0) is 19.8. The van der Waals surface area contributed by atoms with Gasteiger partial charge in [0, 0.05) is 6.42 Å². The highest BCUT2D eigenvalue weighted by molar-refractivity contribution is 7.39. The molecule has 0 spiro atoms. The van der Waals surface area contributed by atoms with Gasteiger partial charge in [-0.05, 0) is 11.0 Å². The van der Waals surface area contributed by atoms with Crippen molar-refractivity contribution in [2.24, 2.45) is 5.11 Å². The smallest absolute Gasteiger partial charge is 0.146 e. The third kappa shape index (κ3) is 23.3. The highest BCUT2D eigenvalue weighted by Crippen LogP contribution is 2.23. The zero-order valence-corrected chi connectivity index (χ0v) is 18.7. The molecule has 0 aliphatic heterocycles. The summed E-state index contributed by atoms with van der Waals surface area (Å²) in [4.78, 5) is 2.92. The van der Waals surface area contributed by atoms with Crippen molar-refractivity contribution in [2.45, 2.75) is 116 Å². The summed E-state index contributed by atoms with van der Waals surface area (Å²) < 4.78 is 16.9. The fourth-order valence-corrected chi connectivity index (χ4v) is 4.06. The van der Waals surface area contributed by atoms with E-state index in [1.807, 2.05) is 0 Å². The molecule has 0 saturated heterocycles. The third-order valence-electron chi connectivity index (χ3n) is 4.90. The van der Waals surface area contributed by atoms with Gasteiger partial charge < -0.3 is 0 Å². The number of nitrogens with zero attached hydrogens (tertiary/aromatic N) is 2. The summed E-state index contributed by atoms with van der Waals surface area (Å²) in [6.45, 7) is 3.35. The molecular weight excluding hydrogens is 357 g/mol. The Morgan fingerprint density at radius 3 is 1.63 bits per heavy atom. The molecule has 0 aromatic heterocycles. The highest BCUT2D eigenvalue weighted by atomic mass is 31.1. The lowest BCUT2D eigenvalue weighted by atomic mass is 10.0. The predicted molar refractivity (Wildman–Crippen MR) is 115 cm³/mol. The van der Waals surface area contributed by atoms with Crippen LogP contribution in [-0.4, -0.2) is 19.3 Å². The van der Waals surface area contributed by atoms with Crippen LogP contribution in [-0.2, 0) is 9.09 Å². The van der Waals surface area contributed by atoms with Gasteiger partial charge in [-0.15, -0.1) is 4.52 Å². The second kappa shape index (κ2) is 23.4. The first-order chi connectivity index (χ1) is 13.3. The van der Waals surface area contributed by atoms with Crippen molar-refractivity contribution >= 4 is 8.03 Å². The molecule has 158 valence electrons. The van der Waals surface area contributed by atoms with Crippen molar-refractivity contribution in [2.75, 3.05) is 19.3 Å². The van der Waals surface area contributed by atoms with Crippen molar-refractivity contribution in [3.63, 3.8) is 0 Å². The van der Waals surface area contributed by atoms with E-state index in [4.69, 9.17) is 10.1 Å². The van der Waals surface area contributed by atoms with Crippen molar-refractivity contribution in [3.8, 4) is 0 Å². The molecule has 0 bridgehead atoms. The Hall–Kier alpha value is -0.630. The van der Waals surface area contributed by atoms with Crippen LogP contribution in [0, 0.1) is 5.53 Å². The molecule has 6 heteroatoms. The van der Waals surface area contributed by atoms with Gasteiger partial charge in [0.05, 0.1) is 0 Å². The average Bonchev–Trinajstić information content (AvgIpc) is 2.67. The van der Waals surface area contributed by atoms with Crippen LogP contribution in [0.25, 0.3) is 0 Å². The largest absolute Gasteiger partial charge is 0.508 e. The molecule has 0 aliphatic rings. The molecule has 0 aliphatic carbocycles. The molecule has 1 N–H and O–H groups in total. The quantitative estimate of drug-likeness (QED) is 0.0864. The Labute approximate surface area is 168 Å². The fraction of sp³-hybridized carbons (Fsp3) is 1.00. The van der Waals surface area contributed by atoms with Crippen LogP contribution in [0.4, 0.5) is 0 Å².